The van der Waals surface area contributed by atoms with Gasteiger partial charge in [-0.05, 0) is 80.7 Å². The van der Waals surface area contributed by atoms with Crippen LogP contribution < -0.4 is 0 Å². The summed E-state index contributed by atoms with van der Waals surface area (Å²) in [6, 6.07) is -1.19. The van der Waals surface area contributed by atoms with Crippen LogP contribution in [0.15, 0.2) is 0 Å². The zero-order valence-electron chi connectivity index (χ0n) is 34.2. The first-order chi connectivity index (χ1) is 24.4. The van der Waals surface area contributed by atoms with E-state index in [9.17, 15) is 35.1 Å². The standard InChI is InChI=1S/C38H70N2O13/c1-14-27-38(10,47)31(43)24(6)39(11)18-20(2)16-36(8,46)33(53-35-29(42)26(40(12)19-41)15-21(3)49-35)22(4)30(23(5)34(45)51-27)52-28-17-37(9,48-13)32(44)25(7)50-28/h19-33,35,42-44,46-47H,14-18H2,1-13H3/t20-,21+,22+,23+,24+,25-,26-,27-,28+,29+,30+,31+,32+,33-,35-,36+,37-,38+/m0/s1. The van der Waals surface area contributed by atoms with E-state index in [0.717, 1.165) is 0 Å². The minimum atomic E-state index is -1.82. The fourth-order valence-electron chi connectivity index (χ4n) is 8.71. The van der Waals surface area contributed by atoms with Gasteiger partial charge < -0.3 is 63.8 Å². The molecule has 5 N–H and O–H groups in total. The summed E-state index contributed by atoms with van der Waals surface area (Å²) in [4.78, 5) is 29.2. The van der Waals surface area contributed by atoms with E-state index >= 15 is 0 Å². The number of esters is 1. The quantitative estimate of drug-likeness (QED) is 0.176. The van der Waals surface area contributed by atoms with Crippen molar-refractivity contribution >= 4 is 12.4 Å². The molecule has 310 valence electrons. The van der Waals surface area contributed by atoms with Crippen LogP contribution in [0.3, 0.4) is 0 Å². The molecule has 3 aliphatic rings. The van der Waals surface area contributed by atoms with Crippen molar-refractivity contribution in [2.75, 3.05) is 27.7 Å². The van der Waals surface area contributed by atoms with E-state index in [1.165, 1.54) is 18.9 Å². The van der Waals surface area contributed by atoms with Crippen molar-refractivity contribution in [2.45, 2.75) is 185 Å². The second-order valence-corrected chi connectivity index (χ2v) is 17.0. The predicted octanol–water partition coefficient (Wildman–Crippen LogP) is 1.43. The summed E-state index contributed by atoms with van der Waals surface area (Å²) in [6.45, 7) is 17.6. The SMILES string of the molecule is CC[C@@H]1OC(=O)[C@H](C)[C@H](O[C@@H]2C[C@](C)(OC)[C@H](O)[C@H](C)O2)[C@@H](C)[C@H](O[C@@H]2O[C@H](C)C[C@H](N(C)C=O)[C@H]2O)[C@](C)(O)C[C@H](C)CN(C)[C@H](C)[C@@H](O)[C@]1(C)O. The molecule has 0 saturated carbocycles. The molecule has 3 aliphatic heterocycles. The molecule has 0 unspecified atom stereocenters. The largest absolute Gasteiger partial charge is 0.459 e. The molecule has 0 aliphatic carbocycles. The molecule has 53 heavy (non-hydrogen) atoms. The minimum Gasteiger partial charge on any atom is -0.459 e. The van der Waals surface area contributed by atoms with E-state index in [2.05, 4.69) is 0 Å². The lowest BCUT2D eigenvalue weighted by atomic mass is 9.77. The zero-order chi connectivity index (χ0) is 40.4. The zero-order valence-corrected chi connectivity index (χ0v) is 34.2. The second-order valence-electron chi connectivity index (χ2n) is 17.0. The summed E-state index contributed by atoms with van der Waals surface area (Å²) < 4.78 is 37.3. The van der Waals surface area contributed by atoms with Crippen LogP contribution in [0.4, 0.5) is 0 Å². The monoisotopic (exact) mass is 762 g/mol. The van der Waals surface area contributed by atoms with Crippen LogP contribution in [-0.2, 0) is 38.0 Å². The van der Waals surface area contributed by atoms with Gasteiger partial charge in [-0.1, -0.05) is 20.8 Å². The summed E-state index contributed by atoms with van der Waals surface area (Å²) in [5.74, 6) is -2.78. The normalized spacial score (nSPS) is 48.6. The number of ether oxygens (including phenoxy) is 6. The maximum absolute atomic E-state index is 14.2. The molecule has 3 fully saturated rings. The van der Waals surface area contributed by atoms with E-state index < -0.39 is 108 Å². The van der Waals surface area contributed by atoms with E-state index in [4.69, 9.17) is 28.4 Å². The Bertz CT molecular complexity index is 1190. The van der Waals surface area contributed by atoms with Gasteiger partial charge >= 0.3 is 5.97 Å². The summed E-state index contributed by atoms with van der Waals surface area (Å²) >= 11 is 0. The van der Waals surface area contributed by atoms with E-state index in [-0.39, 0.29) is 25.2 Å². The van der Waals surface area contributed by atoms with E-state index in [1.807, 2.05) is 25.8 Å². The van der Waals surface area contributed by atoms with Crippen LogP contribution in [0.1, 0.15) is 94.9 Å². The number of carbonyl (C=O) groups excluding carboxylic acids is 2. The molecule has 0 aromatic rings. The van der Waals surface area contributed by atoms with Crippen LogP contribution in [0, 0.1) is 17.8 Å². The molecule has 0 spiro atoms. The highest BCUT2D eigenvalue weighted by atomic mass is 16.7. The van der Waals surface area contributed by atoms with Gasteiger partial charge in [0, 0.05) is 39.1 Å². The Morgan fingerprint density at radius 3 is 2.17 bits per heavy atom. The number of aliphatic hydroxyl groups is 5. The second kappa shape index (κ2) is 18.2. The first-order valence-electron chi connectivity index (χ1n) is 19.2. The molecular formula is C38H70N2O13. The highest BCUT2D eigenvalue weighted by molar-refractivity contribution is 5.73. The van der Waals surface area contributed by atoms with Gasteiger partial charge in [0.2, 0.25) is 6.41 Å². The number of rotatable bonds is 8. The van der Waals surface area contributed by atoms with Crippen molar-refractivity contribution in [3.8, 4) is 0 Å². The molecular weight excluding hydrogens is 692 g/mol. The molecule has 0 aromatic carbocycles. The van der Waals surface area contributed by atoms with Crippen LogP contribution in [-0.4, -0.2) is 166 Å². The van der Waals surface area contributed by atoms with Gasteiger partial charge in [0.25, 0.3) is 0 Å². The van der Waals surface area contributed by atoms with Gasteiger partial charge in [-0.15, -0.1) is 0 Å². The Balaban J connectivity index is 2.18. The molecule has 0 bridgehead atoms. The van der Waals surface area contributed by atoms with Crippen LogP contribution in [0.5, 0.6) is 0 Å². The Labute approximate surface area is 316 Å². The number of methoxy groups -OCH3 is 1. The lowest BCUT2D eigenvalue weighted by Gasteiger charge is -2.48. The number of carbonyl (C=O) groups is 2. The van der Waals surface area contributed by atoms with Crippen LogP contribution in [0.25, 0.3) is 0 Å². The van der Waals surface area contributed by atoms with Gasteiger partial charge in [-0.3, -0.25) is 9.59 Å². The number of nitrogens with zero attached hydrogens (tertiary/aromatic N) is 2. The van der Waals surface area contributed by atoms with Crippen molar-refractivity contribution in [1.29, 1.82) is 0 Å². The summed E-state index contributed by atoms with van der Waals surface area (Å²) in [5.41, 5.74) is -4.50. The lowest BCUT2D eigenvalue weighted by molar-refractivity contribution is -0.317. The topological polar surface area (TPSA) is 197 Å². The first-order valence-corrected chi connectivity index (χ1v) is 19.2. The first kappa shape index (κ1) is 45.9. The molecule has 1 amide bonds. The molecule has 15 nitrogen and oxygen atoms in total. The highest BCUT2D eigenvalue weighted by Gasteiger charge is 2.52. The van der Waals surface area contributed by atoms with Crippen molar-refractivity contribution in [3.63, 3.8) is 0 Å². The van der Waals surface area contributed by atoms with E-state index in [1.54, 1.807) is 55.5 Å². The molecule has 18 atom stereocenters. The third kappa shape index (κ3) is 10.3. The molecule has 0 radical (unpaired) electrons. The van der Waals surface area contributed by atoms with Gasteiger partial charge in [-0.25, -0.2) is 0 Å². The average molecular weight is 763 g/mol. The molecule has 3 heterocycles. The van der Waals surface area contributed by atoms with Gasteiger partial charge in [0.15, 0.2) is 12.6 Å². The summed E-state index contributed by atoms with van der Waals surface area (Å²) in [5, 5.41) is 58.1. The number of aliphatic hydroxyl groups excluding tert-OH is 3. The van der Waals surface area contributed by atoms with Gasteiger partial charge in [0.1, 0.15) is 30.0 Å². The average Bonchev–Trinajstić information content (AvgIpc) is 3.09. The van der Waals surface area contributed by atoms with Crippen molar-refractivity contribution < 1.29 is 63.5 Å². The van der Waals surface area contributed by atoms with Crippen LogP contribution in [0.2, 0.25) is 0 Å². The molecule has 15 heteroatoms. The Kier molecular flexibility index (Phi) is 15.7. The van der Waals surface area contributed by atoms with E-state index in [0.29, 0.717) is 19.4 Å². The molecule has 0 aromatic heterocycles. The van der Waals surface area contributed by atoms with Crippen molar-refractivity contribution in [3.05, 3.63) is 0 Å². The number of amides is 1. The number of likely N-dealkylation sites (N-methyl/N-ethyl adjacent to an activating group) is 2. The Morgan fingerprint density at radius 2 is 1.60 bits per heavy atom. The molecule has 3 rings (SSSR count). The fourth-order valence-corrected chi connectivity index (χ4v) is 8.71. The number of hydrogen-bond acceptors (Lipinski definition) is 14. The maximum Gasteiger partial charge on any atom is 0.311 e. The minimum absolute atomic E-state index is 0.101. The number of hydrogen-bond donors (Lipinski definition) is 5. The third-order valence-corrected chi connectivity index (χ3v) is 12.2. The predicted molar refractivity (Wildman–Crippen MR) is 194 cm³/mol. The lowest BCUT2D eigenvalue weighted by Crippen LogP contribution is -2.60. The summed E-state index contributed by atoms with van der Waals surface area (Å²) in [6.07, 6.45) is -8.72. The fraction of sp³-hybridized carbons (Fsp3) is 0.947. The maximum atomic E-state index is 14.2. The summed E-state index contributed by atoms with van der Waals surface area (Å²) in [7, 11) is 4.88. The number of cyclic esters (lactones) is 1. The Morgan fingerprint density at radius 1 is 0.981 bits per heavy atom. The third-order valence-electron chi connectivity index (χ3n) is 12.2. The Hall–Kier alpha value is -1.50. The van der Waals surface area contributed by atoms with Crippen molar-refractivity contribution in [1.82, 2.24) is 9.80 Å². The highest BCUT2D eigenvalue weighted by Crippen LogP contribution is 2.40. The van der Waals surface area contributed by atoms with Gasteiger partial charge in [0.05, 0.1) is 47.6 Å². The van der Waals surface area contributed by atoms with Crippen LogP contribution >= 0.6 is 0 Å². The smallest absolute Gasteiger partial charge is 0.311 e. The van der Waals surface area contributed by atoms with Crippen molar-refractivity contribution in [2.24, 2.45) is 17.8 Å². The van der Waals surface area contributed by atoms with Gasteiger partial charge in [-0.2, -0.15) is 0 Å². The molecule has 3 saturated heterocycles.